The van der Waals surface area contributed by atoms with Crippen LogP contribution in [0.15, 0.2) is 0 Å². The second kappa shape index (κ2) is 2.99. The number of halogens is 1. The summed E-state index contributed by atoms with van der Waals surface area (Å²) in [6.45, 7) is 1.90. The quantitative estimate of drug-likeness (QED) is 0.630. The fourth-order valence-corrected chi connectivity index (χ4v) is 1.43. The zero-order valence-corrected chi connectivity index (χ0v) is 6.97. The van der Waals surface area contributed by atoms with Crippen molar-refractivity contribution in [2.75, 3.05) is 5.33 Å². The second-order valence-electron chi connectivity index (χ2n) is 2.42. The molecule has 1 fully saturated rings. The van der Waals surface area contributed by atoms with Gasteiger partial charge in [-0.25, -0.2) is 0 Å². The molecule has 0 unspecified atom stereocenters. The predicted molar refractivity (Wildman–Crippen MR) is 38.8 cm³/mol. The van der Waals surface area contributed by atoms with Gasteiger partial charge in [-0.15, -0.1) is 0 Å². The third kappa shape index (κ3) is 1.66. The molecule has 1 N–H and O–H groups in total. The highest BCUT2D eigenvalue weighted by Crippen LogP contribution is 2.20. The number of rotatable bonds is 1. The summed E-state index contributed by atoms with van der Waals surface area (Å²) in [6, 6.07) is 0. The molecule has 0 aromatic heterocycles. The van der Waals surface area contributed by atoms with Gasteiger partial charge in [0.05, 0.1) is 18.3 Å². The summed E-state index contributed by atoms with van der Waals surface area (Å²) in [5.41, 5.74) is 0. The Kier molecular flexibility index (Phi) is 2.50. The van der Waals surface area contributed by atoms with Gasteiger partial charge >= 0.3 is 0 Å². The first-order chi connectivity index (χ1) is 4.24. The number of ether oxygens (including phenoxy) is 1. The molecule has 54 valence electrons. The highest BCUT2D eigenvalue weighted by Gasteiger charge is 2.29. The first-order valence-electron chi connectivity index (χ1n) is 3.13. The number of hydrogen-bond acceptors (Lipinski definition) is 2. The van der Waals surface area contributed by atoms with Gasteiger partial charge < -0.3 is 9.84 Å². The van der Waals surface area contributed by atoms with Crippen LogP contribution in [0, 0.1) is 0 Å². The Labute approximate surface area is 63.3 Å². The van der Waals surface area contributed by atoms with Crippen molar-refractivity contribution in [2.24, 2.45) is 0 Å². The van der Waals surface area contributed by atoms with Gasteiger partial charge in [0.25, 0.3) is 0 Å². The molecule has 0 aromatic carbocycles. The lowest BCUT2D eigenvalue weighted by molar-refractivity contribution is 0.0305. The van der Waals surface area contributed by atoms with Crippen molar-refractivity contribution in [2.45, 2.75) is 31.7 Å². The van der Waals surface area contributed by atoms with Crippen LogP contribution in [-0.4, -0.2) is 28.7 Å². The Morgan fingerprint density at radius 3 is 2.67 bits per heavy atom. The molecule has 1 heterocycles. The SMILES string of the molecule is C[C@@H]1O[C@H](CBr)C[C@@H]1O. The topological polar surface area (TPSA) is 29.5 Å². The number of aliphatic hydroxyl groups is 1. The normalized spacial score (nSPS) is 43.7. The Balaban J connectivity index is 2.35. The van der Waals surface area contributed by atoms with Crippen molar-refractivity contribution in [3.63, 3.8) is 0 Å². The van der Waals surface area contributed by atoms with E-state index in [1.807, 2.05) is 6.92 Å². The van der Waals surface area contributed by atoms with Crippen molar-refractivity contribution in [3.05, 3.63) is 0 Å². The van der Waals surface area contributed by atoms with Gasteiger partial charge in [-0.05, 0) is 6.92 Å². The molecule has 9 heavy (non-hydrogen) atoms. The summed E-state index contributed by atoms with van der Waals surface area (Å²) in [5, 5.41) is 9.98. The molecule has 0 saturated carbocycles. The van der Waals surface area contributed by atoms with E-state index < -0.39 is 0 Å². The molecule has 1 rings (SSSR count). The molecule has 0 aromatic rings. The predicted octanol–water partition coefficient (Wildman–Crippen LogP) is 0.920. The molecule has 0 bridgehead atoms. The van der Waals surface area contributed by atoms with E-state index in [0.717, 1.165) is 11.8 Å². The average molecular weight is 195 g/mol. The van der Waals surface area contributed by atoms with Gasteiger partial charge in [-0.1, -0.05) is 15.9 Å². The average Bonchev–Trinajstić information content (AvgIpc) is 2.13. The van der Waals surface area contributed by atoms with Crippen molar-refractivity contribution >= 4 is 15.9 Å². The van der Waals surface area contributed by atoms with E-state index in [9.17, 15) is 0 Å². The Morgan fingerprint density at radius 2 is 2.44 bits per heavy atom. The Bertz CT molecular complexity index is 87.1. The lowest BCUT2D eigenvalue weighted by Gasteiger charge is -2.05. The standard InChI is InChI=1S/C6H11BrO2/c1-4-6(8)2-5(3-7)9-4/h4-6,8H,2-3H2,1H3/t4-,5-,6-/m0/s1. The molecular formula is C6H11BrO2. The third-order valence-corrected chi connectivity index (χ3v) is 2.35. The van der Waals surface area contributed by atoms with Crippen LogP contribution in [0.3, 0.4) is 0 Å². The van der Waals surface area contributed by atoms with Crippen molar-refractivity contribution < 1.29 is 9.84 Å². The fourth-order valence-electron chi connectivity index (χ4n) is 1.01. The van der Waals surface area contributed by atoms with Crippen LogP contribution in [-0.2, 0) is 4.74 Å². The minimum absolute atomic E-state index is 0.0209. The minimum Gasteiger partial charge on any atom is -0.390 e. The van der Waals surface area contributed by atoms with Crippen LogP contribution in [0.2, 0.25) is 0 Å². The number of alkyl halides is 1. The summed E-state index contributed by atoms with van der Waals surface area (Å²) in [7, 11) is 0. The van der Waals surface area contributed by atoms with E-state index in [2.05, 4.69) is 15.9 Å². The van der Waals surface area contributed by atoms with E-state index >= 15 is 0 Å². The molecule has 0 amide bonds. The molecule has 1 aliphatic heterocycles. The molecule has 0 spiro atoms. The van der Waals surface area contributed by atoms with Crippen LogP contribution < -0.4 is 0 Å². The second-order valence-corrected chi connectivity index (χ2v) is 3.07. The number of hydrogen-bond donors (Lipinski definition) is 1. The maximum Gasteiger partial charge on any atom is 0.0824 e. The van der Waals surface area contributed by atoms with Crippen molar-refractivity contribution in [3.8, 4) is 0 Å². The Morgan fingerprint density at radius 1 is 1.78 bits per heavy atom. The lowest BCUT2D eigenvalue weighted by Crippen LogP contribution is -2.15. The zero-order valence-electron chi connectivity index (χ0n) is 5.38. The number of aliphatic hydroxyl groups excluding tert-OH is 1. The monoisotopic (exact) mass is 194 g/mol. The minimum atomic E-state index is -0.257. The molecule has 2 nitrogen and oxygen atoms in total. The van der Waals surface area contributed by atoms with Crippen molar-refractivity contribution in [1.82, 2.24) is 0 Å². The largest absolute Gasteiger partial charge is 0.390 e. The van der Waals surface area contributed by atoms with Crippen LogP contribution in [0.1, 0.15) is 13.3 Å². The summed E-state index contributed by atoms with van der Waals surface area (Å²) in [6.07, 6.45) is 0.752. The molecule has 3 atom stereocenters. The maximum absolute atomic E-state index is 9.15. The molecule has 0 aliphatic carbocycles. The van der Waals surface area contributed by atoms with Gasteiger partial charge in [0.2, 0.25) is 0 Å². The van der Waals surface area contributed by atoms with E-state index in [4.69, 9.17) is 9.84 Å². The highest BCUT2D eigenvalue weighted by molar-refractivity contribution is 9.09. The first-order valence-corrected chi connectivity index (χ1v) is 4.25. The van der Waals surface area contributed by atoms with E-state index in [-0.39, 0.29) is 18.3 Å². The Hall–Kier alpha value is 0.400. The van der Waals surface area contributed by atoms with Crippen LogP contribution in [0.4, 0.5) is 0 Å². The smallest absolute Gasteiger partial charge is 0.0824 e. The van der Waals surface area contributed by atoms with Gasteiger partial charge in [-0.2, -0.15) is 0 Å². The van der Waals surface area contributed by atoms with Crippen LogP contribution in [0.5, 0.6) is 0 Å². The van der Waals surface area contributed by atoms with E-state index in [1.165, 1.54) is 0 Å². The third-order valence-electron chi connectivity index (χ3n) is 1.63. The highest BCUT2D eigenvalue weighted by atomic mass is 79.9. The fraction of sp³-hybridized carbons (Fsp3) is 1.00. The van der Waals surface area contributed by atoms with Gasteiger partial charge in [0, 0.05) is 11.8 Å². The summed E-state index contributed by atoms with van der Waals surface area (Å²) >= 11 is 3.30. The molecule has 1 saturated heterocycles. The summed E-state index contributed by atoms with van der Waals surface area (Å²) < 4.78 is 5.33. The van der Waals surface area contributed by atoms with Gasteiger partial charge in [0.15, 0.2) is 0 Å². The van der Waals surface area contributed by atoms with Crippen LogP contribution in [0.25, 0.3) is 0 Å². The lowest BCUT2D eigenvalue weighted by atomic mass is 10.2. The van der Waals surface area contributed by atoms with Crippen LogP contribution >= 0.6 is 15.9 Å². The van der Waals surface area contributed by atoms with E-state index in [0.29, 0.717) is 0 Å². The van der Waals surface area contributed by atoms with Gasteiger partial charge in [0.1, 0.15) is 0 Å². The first kappa shape index (κ1) is 7.51. The summed E-state index contributed by atoms with van der Waals surface area (Å²) in [4.78, 5) is 0. The molecular weight excluding hydrogens is 184 g/mol. The van der Waals surface area contributed by atoms with Crippen molar-refractivity contribution in [1.29, 1.82) is 0 Å². The molecule has 1 aliphatic rings. The molecule has 3 heteroatoms. The summed E-state index contributed by atoms with van der Waals surface area (Å²) in [5.74, 6) is 0. The maximum atomic E-state index is 9.15. The zero-order chi connectivity index (χ0) is 6.85. The van der Waals surface area contributed by atoms with Gasteiger partial charge in [-0.3, -0.25) is 0 Å². The molecule has 0 radical (unpaired) electrons. The van der Waals surface area contributed by atoms with E-state index in [1.54, 1.807) is 0 Å².